The average Bonchev–Trinajstić information content (AvgIpc) is 2.87. The van der Waals surface area contributed by atoms with Crippen molar-refractivity contribution >= 4 is 22.0 Å². The SMILES string of the molecule is NC(N)=NOCCCOc1ccc(C[C@H](NS(=O)(=O)c2cc(OCC(F)(F)F)ccc2OCC(F)(F)F)C(=O)O)cc1. The fraction of sp³-hybridized carbons (Fsp3) is 0.391. The van der Waals surface area contributed by atoms with Gasteiger partial charge in [-0.1, -0.05) is 12.1 Å². The summed E-state index contributed by atoms with van der Waals surface area (Å²) in [5, 5.41) is 12.9. The molecule has 12 nitrogen and oxygen atoms in total. The number of hydrogen-bond acceptors (Lipinski definition) is 8. The minimum Gasteiger partial charge on any atom is -0.493 e. The summed E-state index contributed by atoms with van der Waals surface area (Å²) in [6.45, 7) is -3.39. The van der Waals surface area contributed by atoms with Gasteiger partial charge in [-0.2, -0.15) is 31.1 Å². The second kappa shape index (κ2) is 14.7. The molecule has 0 aliphatic carbocycles. The van der Waals surface area contributed by atoms with Gasteiger partial charge in [-0.15, -0.1) is 0 Å². The molecule has 6 N–H and O–H groups in total. The van der Waals surface area contributed by atoms with E-state index in [4.69, 9.17) is 21.0 Å². The molecule has 2 aromatic rings. The number of nitrogens with two attached hydrogens (primary N) is 2. The molecule has 0 unspecified atom stereocenters. The number of nitrogens with zero attached hydrogens (tertiary/aromatic N) is 1. The smallest absolute Gasteiger partial charge is 0.422 e. The molecule has 0 aliphatic rings. The van der Waals surface area contributed by atoms with Crippen molar-refractivity contribution in [2.75, 3.05) is 26.4 Å². The predicted octanol–water partition coefficient (Wildman–Crippen LogP) is 2.52. The third kappa shape index (κ3) is 12.6. The topological polar surface area (TPSA) is 185 Å². The highest BCUT2D eigenvalue weighted by molar-refractivity contribution is 7.89. The summed E-state index contributed by atoms with van der Waals surface area (Å²) in [6.07, 6.45) is -9.70. The van der Waals surface area contributed by atoms with Crippen molar-refractivity contribution in [3.63, 3.8) is 0 Å². The molecule has 234 valence electrons. The summed E-state index contributed by atoms with van der Waals surface area (Å²) < 4.78 is 118. The molecule has 0 spiro atoms. The Morgan fingerprint density at radius 2 is 1.50 bits per heavy atom. The molecular formula is C23H26F6N4O8S. The summed E-state index contributed by atoms with van der Waals surface area (Å²) in [4.78, 5) is 15.6. The Bertz CT molecular complexity index is 1320. The van der Waals surface area contributed by atoms with Crippen LogP contribution in [0.1, 0.15) is 12.0 Å². The van der Waals surface area contributed by atoms with Crippen molar-refractivity contribution in [3.8, 4) is 17.2 Å². The molecule has 0 bridgehead atoms. The Morgan fingerprint density at radius 3 is 2.07 bits per heavy atom. The van der Waals surface area contributed by atoms with Gasteiger partial charge in [0.1, 0.15) is 34.8 Å². The monoisotopic (exact) mass is 632 g/mol. The predicted molar refractivity (Wildman–Crippen MR) is 133 cm³/mol. The van der Waals surface area contributed by atoms with Gasteiger partial charge in [0.15, 0.2) is 13.2 Å². The molecular weight excluding hydrogens is 606 g/mol. The molecule has 2 aromatic carbocycles. The number of carboxylic acids is 1. The number of hydrogen-bond donors (Lipinski definition) is 4. The number of benzene rings is 2. The first-order valence-electron chi connectivity index (χ1n) is 11.7. The summed E-state index contributed by atoms with van der Waals surface area (Å²) in [5.74, 6) is -3.07. The summed E-state index contributed by atoms with van der Waals surface area (Å²) >= 11 is 0. The van der Waals surface area contributed by atoms with Gasteiger partial charge in [-0.25, -0.2) is 8.42 Å². The van der Waals surface area contributed by atoms with E-state index in [1.807, 2.05) is 4.72 Å². The van der Waals surface area contributed by atoms with Crippen molar-refractivity contribution in [1.29, 1.82) is 0 Å². The number of sulfonamides is 1. The molecule has 0 radical (unpaired) electrons. The van der Waals surface area contributed by atoms with E-state index in [1.165, 1.54) is 24.3 Å². The molecule has 0 amide bonds. The van der Waals surface area contributed by atoms with E-state index in [9.17, 15) is 44.7 Å². The number of nitrogens with one attached hydrogen (secondary N) is 1. The lowest BCUT2D eigenvalue weighted by molar-refractivity contribution is -0.154. The van der Waals surface area contributed by atoms with Gasteiger partial charge in [-0.3, -0.25) is 4.79 Å². The van der Waals surface area contributed by atoms with Gasteiger partial charge in [0.05, 0.1) is 6.61 Å². The molecule has 0 saturated heterocycles. The molecule has 0 saturated carbocycles. The van der Waals surface area contributed by atoms with Crippen LogP contribution in [0.2, 0.25) is 0 Å². The highest BCUT2D eigenvalue weighted by Crippen LogP contribution is 2.31. The first kappa shape index (κ1) is 34.1. The first-order chi connectivity index (χ1) is 19.4. The van der Waals surface area contributed by atoms with Crippen LogP contribution >= 0.6 is 0 Å². The van der Waals surface area contributed by atoms with Crippen molar-refractivity contribution in [2.45, 2.75) is 36.1 Å². The first-order valence-corrected chi connectivity index (χ1v) is 13.1. The van der Waals surface area contributed by atoms with Crippen molar-refractivity contribution in [2.24, 2.45) is 16.6 Å². The zero-order chi connectivity index (χ0) is 31.6. The van der Waals surface area contributed by atoms with E-state index in [1.54, 1.807) is 0 Å². The number of carboxylic acid groups (broad SMARTS) is 1. The van der Waals surface area contributed by atoms with E-state index in [2.05, 4.69) is 14.6 Å². The lowest BCUT2D eigenvalue weighted by atomic mass is 10.1. The van der Waals surface area contributed by atoms with Crippen LogP contribution in [0.3, 0.4) is 0 Å². The molecule has 19 heteroatoms. The highest BCUT2D eigenvalue weighted by Gasteiger charge is 2.33. The molecule has 0 fully saturated rings. The maximum Gasteiger partial charge on any atom is 0.422 e. The third-order valence-corrected chi connectivity index (χ3v) is 6.27. The number of ether oxygens (including phenoxy) is 3. The van der Waals surface area contributed by atoms with Crippen LogP contribution in [-0.2, 0) is 26.1 Å². The van der Waals surface area contributed by atoms with E-state index < -0.39 is 70.4 Å². The Balaban J connectivity index is 2.17. The quantitative estimate of drug-likeness (QED) is 0.0705. The molecule has 42 heavy (non-hydrogen) atoms. The van der Waals surface area contributed by atoms with Crippen LogP contribution in [0, 0.1) is 0 Å². The fourth-order valence-electron chi connectivity index (χ4n) is 3.05. The van der Waals surface area contributed by atoms with Crippen LogP contribution in [0.5, 0.6) is 17.2 Å². The van der Waals surface area contributed by atoms with E-state index >= 15 is 0 Å². The van der Waals surface area contributed by atoms with Crippen LogP contribution in [-0.4, -0.2) is 70.3 Å². The second-order valence-corrected chi connectivity index (χ2v) is 10.0. The fourth-order valence-corrected chi connectivity index (χ4v) is 4.40. The number of guanidine groups is 1. The van der Waals surface area contributed by atoms with Crippen LogP contribution in [0.15, 0.2) is 52.5 Å². The summed E-state index contributed by atoms with van der Waals surface area (Å²) in [6, 6.07) is 5.92. The number of oxime groups is 1. The van der Waals surface area contributed by atoms with Crippen LogP contribution in [0.4, 0.5) is 26.3 Å². The van der Waals surface area contributed by atoms with Crippen LogP contribution in [0.25, 0.3) is 0 Å². The Morgan fingerprint density at radius 1 is 0.905 bits per heavy atom. The number of alkyl halides is 6. The van der Waals surface area contributed by atoms with Crippen molar-refractivity contribution < 1.29 is 63.7 Å². The standard InChI is InChI=1S/C23H26F6N4O8S/c24-22(25,26)12-39-16-6-7-18(40-13-23(27,28)29)19(11-16)42(36,37)33-17(20(34)35)10-14-2-4-15(5-3-14)38-8-1-9-41-32-21(30)31/h2-7,11,17,33H,1,8-10,12-13H2,(H,34,35)(H4,30,31,32)/t17-/m0/s1. The van der Waals surface area contributed by atoms with Gasteiger partial charge < -0.3 is 35.6 Å². The number of rotatable bonds is 16. The van der Waals surface area contributed by atoms with Gasteiger partial charge in [0, 0.05) is 12.5 Å². The molecule has 1 atom stereocenters. The maximum atomic E-state index is 13.1. The lowest BCUT2D eigenvalue weighted by Gasteiger charge is -2.19. The summed E-state index contributed by atoms with van der Waals surface area (Å²) in [5.41, 5.74) is 10.5. The summed E-state index contributed by atoms with van der Waals surface area (Å²) in [7, 11) is -4.98. The zero-order valence-corrected chi connectivity index (χ0v) is 22.3. The van der Waals surface area contributed by atoms with Gasteiger partial charge in [0.25, 0.3) is 0 Å². The zero-order valence-electron chi connectivity index (χ0n) is 21.4. The van der Waals surface area contributed by atoms with Gasteiger partial charge in [-0.05, 0) is 41.4 Å². The molecule has 0 aromatic heterocycles. The van der Waals surface area contributed by atoms with Crippen molar-refractivity contribution in [1.82, 2.24) is 4.72 Å². The Labute approximate surface area is 235 Å². The Kier molecular flexibility index (Phi) is 11.9. The minimum absolute atomic E-state index is 0.163. The Hall–Kier alpha value is -4.13. The maximum absolute atomic E-state index is 13.1. The lowest BCUT2D eigenvalue weighted by Crippen LogP contribution is -2.42. The molecule has 2 rings (SSSR count). The number of aliphatic carboxylic acids is 1. The molecule has 0 aliphatic heterocycles. The van der Waals surface area contributed by atoms with E-state index in [0.29, 0.717) is 29.9 Å². The largest absolute Gasteiger partial charge is 0.493 e. The number of carbonyl (C=O) groups is 1. The third-order valence-electron chi connectivity index (χ3n) is 4.78. The second-order valence-electron chi connectivity index (χ2n) is 8.33. The normalized spacial score (nSPS) is 12.7. The van der Waals surface area contributed by atoms with Gasteiger partial charge >= 0.3 is 18.3 Å². The van der Waals surface area contributed by atoms with Gasteiger partial charge in [0.2, 0.25) is 16.0 Å². The van der Waals surface area contributed by atoms with Crippen LogP contribution < -0.4 is 30.4 Å². The van der Waals surface area contributed by atoms with E-state index in [0.717, 1.165) is 6.07 Å². The number of halogens is 6. The van der Waals surface area contributed by atoms with E-state index in [-0.39, 0.29) is 19.2 Å². The average molecular weight is 633 g/mol. The minimum atomic E-state index is -4.98. The highest BCUT2D eigenvalue weighted by atomic mass is 32.2. The molecule has 0 heterocycles. The van der Waals surface area contributed by atoms with Crippen molar-refractivity contribution in [3.05, 3.63) is 48.0 Å².